The molecule has 4 rings (SSSR count). The average molecular weight is 405 g/mol. The lowest BCUT2D eigenvalue weighted by atomic mass is 9.96. The van der Waals surface area contributed by atoms with Crippen molar-refractivity contribution in [2.75, 3.05) is 26.2 Å². The molecule has 0 radical (unpaired) electrons. The summed E-state index contributed by atoms with van der Waals surface area (Å²) < 4.78 is 0. The SMILES string of the molecule is CC(=O)c1ccc(C(=O)N2CCN(C(c3ccccc3)c3ccccc3)CC2)s1. The van der Waals surface area contributed by atoms with Crippen LogP contribution in [-0.2, 0) is 0 Å². The van der Waals surface area contributed by atoms with Crippen molar-refractivity contribution in [2.24, 2.45) is 0 Å². The molecule has 148 valence electrons. The maximum atomic E-state index is 12.9. The van der Waals surface area contributed by atoms with E-state index >= 15 is 0 Å². The molecular formula is C24H24N2O2S. The Kier molecular flexibility index (Phi) is 5.88. The fraction of sp³-hybridized carbons (Fsp3) is 0.250. The third-order valence-electron chi connectivity index (χ3n) is 5.36. The highest BCUT2D eigenvalue weighted by atomic mass is 32.1. The van der Waals surface area contributed by atoms with Gasteiger partial charge in [-0.05, 0) is 30.2 Å². The number of hydrogen-bond acceptors (Lipinski definition) is 4. The Bertz CT molecular complexity index is 937. The summed E-state index contributed by atoms with van der Waals surface area (Å²) in [6.07, 6.45) is 0. The molecule has 0 atom stereocenters. The zero-order chi connectivity index (χ0) is 20.2. The second kappa shape index (κ2) is 8.72. The van der Waals surface area contributed by atoms with Crippen LogP contribution in [0.15, 0.2) is 72.8 Å². The van der Waals surface area contributed by atoms with Crippen molar-refractivity contribution in [3.8, 4) is 0 Å². The van der Waals surface area contributed by atoms with Gasteiger partial charge in [-0.25, -0.2) is 0 Å². The minimum absolute atomic E-state index is 0.00688. The van der Waals surface area contributed by atoms with Gasteiger partial charge in [-0.15, -0.1) is 11.3 Å². The van der Waals surface area contributed by atoms with Crippen molar-refractivity contribution in [2.45, 2.75) is 13.0 Å². The van der Waals surface area contributed by atoms with Crippen LogP contribution in [0.3, 0.4) is 0 Å². The van der Waals surface area contributed by atoms with Crippen LogP contribution in [0.2, 0.25) is 0 Å². The number of Topliss-reactive ketones (excluding diaryl/α,β-unsaturated/α-hetero) is 1. The van der Waals surface area contributed by atoms with Crippen LogP contribution in [-0.4, -0.2) is 47.7 Å². The van der Waals surface area contributed by atoms with Crippen molar-refractivity contribution in [3.63, 3.8) is 0 Å². The molecule has 5 heteroatoms. The number of carbonyl (C=O) groups is 2. The molecule has 2 heterocycles. The van der Waals surface area contributed by atoms with Gasteiger partial charge in [0, 0.05) is 26.2 Å². The normalized spacial score (nSPS) is 14.9. The Labute approximate surface area is 175 Å². The smallest absolute Gasteiger partial charge is 0.264 e. The maximum absolute atomic E-state index is 12.9. The number of benzene rings is 2. The first kappa shape index (κ1) is 19.6. The van der Waals surface area contributed by atoms with Crippen LogP contribution in [0.4, 0.5) is 0 Å². The van der Waals surface area contributed by atoms with Gasteiger partial charge in [0.2, 0.25) is 0 Å². The Balaban J connectivity index is 1.49. The average Bonchev–Trinajstić information content (AvgIpc) is 3.26. The molecule has 1 amide bonds. The molecule has 1 aromatic heterocycles. The minimum atomic E-state index is 0.00688. The molecule has 0 saturated carbocycles. The molecule has 1 aliphatic rings. The standard InChI is InChI=1S/C24H24N2O2S/c1-18(27)21-12-13-22(29-21)24(28)26-16-14-25(15-17-26)23(19-8-4-2-5-9-19)20-10-6-3-7-11-20/h2-13,23H,14-17H2,1H3. The van der Waals surface area contributed by atoms with Crippen LogP contribution < -0.4 is 0 Å². The van der Waals surface area contributed by atoms with E-state index in [2.05, 4.69) is 53.4 Å². The molecule has 1 saturated heterocycles. The highest BCUT2D eigenvalue weighted by Gasteiger charge is 2.29. The summed E-state index contributed by atoms with van der Waals surface area (Å²) in [6.45, 7) is 4.52. The van der Waals surface area contributed by atoms with Crippen molar-refractivity contribution in [3.05, 3.63) is 93.7 Å². The quantitative estimate of drug-likeness (QED) is 0.588. The number of nitrogens with zero attached hydrogens (tertiary/aromatic N) is 2. The zero-order valence-corrected chi connectivity index (χ0v) is 17.3. The summed E-state index contributed by atoms with van der Waals surface area (Å²) >= 11 is 1.29. The van der Waals surface area contributed by atoms with E-state index in [-0.39, 0.29) is 17.7 Å². The Morgan fingerprint density at radius 3 is 1.76 bits per heavy atom. The Morgan fingerprint density at radius 2 is 1.28 bits per heavy atom. The van der Waals surface area contributed by atoms with Gasteiger partial charge in [0.05, 0.1) is 15.8 Å². The molecule has 0 N–H and O–H groups in total. The first-order valence-corrected chi connectivity index (χ1v) is 10.7. The van der Waals surface area contributed by atoms with Gasteiger partial charge in [-0.1, -0.05) is 60.7 Å². The van der Waals surface area contributed by atoms with E-state index in [1.807, 2.05) is 17.0 Å². The van der Waals surface area contributed by atoms with Gasteiger partial charge in [-0.2, -0.15) is 0 Å². The van der Waals surface area contributed by atoms with E-state index in [0.29, 0.717) is 22.8 Å². The molecule has 4 nitrogen and oxygen atoms in total. The van der Waals surface area contributed by atoms with Crippen LogP contribution in [0.1, 0.15) is 43.4 Å². The predicted molar refractivity (Wildman–Crippen MR) is 117 cm³/mol. The highest BCUT2D eigenvalue weighted by molar-refractivity contribution is 7.15. The highest BCUT2D eigenvalue weighted by Crippen LogP contribution is 2.30. The van der Waals surface area contributed by atoms with Crippen LogP contribution in [0.25, 0.3) is 0 Å². The minimum Gasteiger partial charge on any atom is -0.335 e. The number of thiophene rings is 1. The van der Waals surface area contributed by atoms with E-state index in [9.17, 15) is 9.59 Å². The van der Waals surface area contributed by atoms with Crippen molar-refractivity contribution < 1.29 is 9.59 Å². The number of hydrogen-bond donors (Lipinski definition) is 0. The predicted octanol–water partition coefficient (Wildman–Crippen LogP) is 4.50. The summed E-state index contributed by atoms with van der Waals surface area (Å²) in [6, 6.07) is 24.8. The van der Waals surface area contributed by atoms with E-state index in [4.69, 9.17) is 0 Å². The molecule has 0 aliphatic carbocycles. The number of piperazine rings is 1. The fourth-order valence-electron chi connectivity index (χ4n) is 3.87. The van der Waals surface area contributed by atoms with Crippen molar-refractivity contribution >= 4 is 23.0 Å². The van der Waals surface area contributed by atoms with E-state index in [0.717, 1.165) is 13.1 Å². The number of amides is 1. The maximum Gasteiger partial charge on any atom is 0.264 e. The van der Waals surface area contributed by atoms with Crippen LogP contribution in [0, 0.1) is 0 Å². The molecule has 1 fully saturated rings. The molecule has 2 aromatic carbocycles. The summed E-state index contributed by atoms with van der Waals surface area (Å²) in [5.74, 6) is 0.0329. The molecule has 29 heavy (non-hydrogen) atoms. The second-order valence-electron chi connectivity index (χ2n) is 7.27. The molecular weight excluding hydrogens is 380 g/mol. The Morgan fingerprint density at radius 1 is 0.759 bits per heavy atom. The Hall–Kier alpha value is -2.76. The fourth-order valence-corrected chi connectivity index (χ4v) is 4.74. The summed E-state index contributed by atoms with van der Waals surface area (Å²) in [4.78, 5) is 30.0. The van der Waals surface area contributed by atoms with E-state index in [1.165, 1.54) is 29.4 Å². The lowest BCUT2D eigenvalue weighted by Gasteiger charge is -2.39. The largest absolute Gasteiger partial charge is 0.335 e. The molecule has 1 aliphatic heterocycles. The molecule has 0 spiro atoms. The monoisotopic (exact) mass is 404 g/mol. The van der Waals surface area contributed by atoms with Gasteiger partial charge >= 0.3 is 0 Å². The molecule has 0 bridgehead atoms. The van der Waals surface area contributed by atoms with Crippen LogP contribution in [0.5, 0.6) is 0 Å². The van der Waals surface area contributed by atoms with Crippen molar-refractivity contribution in [1.29, 1.82) is 0 Å². The van der Waals surface area contributed by atoms with Gasteiger partial charge in [-0.3, -0.25) is 14.5 Å². The third-order valence-corrected chi connectivity index (χ3v) is 6.54. The number of ketones is 1. The summed E-state index contributed by atoms with van der Waals surface area (Å²) in [5, 5.41) is 0. The number of rotatable bonds is 5. The number of carbonyl (C=O) groups excluding carboxylic acids is 2. The zero-order valence-electron chi connectivity index (χ0n) is 16.5. The summed E-state index contributed by atoms with van der Waals surface area (Å²) in [7, 11) is 0. The van der Waals surface area contributed by atoms with Crippen LogP contribution >= 0.6 is 11.3 Å². The van der Waals surface area contributed by atoms with Gasteiger partial charge < -0.3 is 4.90 Å². The van der Waals surface area contributed by atoms with Gasteiger partial charge in [0.25, 0.3) is 5.91 Å². The lowest BCUT2D eigenvalue weighted by molar-refractivity contribution is 0.0602. The summed E-state index contributed by atoms with van der Waals surface area (Å²) in [5.41, 5.74) is 2.53. The van der Waals surface area contributed by atoms with Crippen molar-refractivity contribution in [1.82, 2.24) is 9.80 Å². The first-order chi connectivity index (χ1) is 14.1. The molecule has 0 unspecified atom stereocenters. The third kappa shape index (κ3) is 4.31. The molecule has 3 aromatic rings. The van der Waals surface area contributed by atoms with E-state index in [1.54, 1.807) is 12.1 Å². The van der Waals surface area contributed by atoms with E-state index < -0.39 is 0 Å². The first-order valence-electron chi connectivity index (χ1n) is 9.87. The lowest BCUT2D eigenvalue weighted by Crippen LogP contribution is -2.49. The van der Waals surface area contributed by atoms with Gasteiger partial charge in [0.15, 0.2) is 5.78 Å². The van der Waals surface area contributed by atoms with Gasteiger partial charge in [0.1, 0.15) is 0 Å². The second-order valence-corrected chi connectivity index (χ2v) is 8.36. The topological polar surface area (TPSA) is 40.6 Å².